The van der Waals surface area contributed by atoms with Gasteiger partial charge in [0.1, 0.15) is 24.4 Å². The molecule has 7 atom stereocenters. The van der Waals surface area contributed by atoms with Crippen molar-refractivity contribution < 1.29 is 39.8 Å². The third-order valence-electron chi connectivity index (χ3n) is 11.5. The Morgan fingerprint density at radius 3 is 1.37 bits per heavy atom. The number of unbranched alkanes of at least 4 members (excludes halogenated alkanes) is 14. The fourth-order valence-corrected chi connectivity index (χ4v) is 7.38. The van der Waals surface area contributed by atoms with Crippen LogP contribution in [0.25, 0.3) is 0 Å². The van der Waals surface area contributed by atoms with Gasteiger partial charge in [-0.3, -0.25) is 4.79 Å². The molecule has 9 heteroatoms. The summed E-state index contributed by atoms with van der Waals surface area (Å²) < 4.78 is 11.2. The van der Waals surface area contributed by atoms with Crippen LogP contribution in [-0.2, 0) is 14.3 Å². The van der Waals surface area contributed by atoms with Crippen LogP contribution in [0.3, 0.4) is 0 Å². The molecule has 0 bridgehead atoms. The van der Waals surface area contributed by atoms with Crippen LogP contribution in [-0.4, -0.2) is 87.5 Å². The second kappa shape index (κ2) is 46.3. The zero-order valence-electron chi connectivity index (χ0n) is 41.8. The van der Waals surface area contributed by atoms with E-state index in [0.29, 0.717) is 12.8 Å². The van der Waals surface area contributed by atoms with Gasteiger partial charge in [0.15, 0.2) is 6.29 Å². The molecule has 1 heterocycles. The maximum Gasteiger partial charge on any atom is 0.220 e. The smallest absolute Gasteiger partial charge is 0.220 e. The zero-order chi connectivity index (χ0) is 48.7. The van der Waals surface area contributed by atoms with Crippen LogP contribution < -0.4 is 5.32 Å². The van der Waals surface area contributed by atoms with Crippen LogP contribution in [0.4, 0.5) is 0 Å². The maximum absolute atomic E-state index is 13.0. The number of ether oxygens (including phenoxy) is 2. The predicted molar refractivity (Wildman–Crippen MR) is 280 cm³/mol. The molecule has 0 radical (unpaired) electrons. The van der Waals surface area contributed by atoms with Gasteiger partial charge >= 0.3 is 0 Å². The molecule has 0 aromatic rings. The van der Waals surface area contributed by atoms with Gasteiger partial charge in [0.2, 0.25) is 5.91 Å². The molecule has 7 unspecified atom stereocenters. The quantitative estimate of drug-likeness (QED) is 0.0262. The Kier molecular flexibility index (Phi) is 42.6. The Hall–Kier alpha value is -3.41. The van der Waals surface area contributed by atoms with Crippen LogP contribution in [0.5, 0.6) is 0 Å². The molecular weight excluding hydrogens is 839 g/mol. The lowest BCUT2D eigenvalue weighted by molar-refractivity contribution is -0.302. The summed E-state index contributed by atoms with van der Waals surface area (Å²) >= 11 is 0. The SMILES string of the molecule is CC/C=C\C/C=C\C/C=C\C/C=C\C/C=C\C/C=C\C/C=C\C/C=C\C/C=C\CCCCCC(=O)NC(COC1OC(CO)C(O)C(O)C1O)C(O)/C=C/CCCCCCCCCCCCC. The number of nitrogens with one attached hydrogen (secondary N) is 1. The minimum absolute atomic E-state index is 0.210. The van der Waals surface area contributed by atoms with E-state index in [1.165, 1.54) is 57.8 Å². The highest BCUT2D eigenvalue weighted by Gasteiger charge is 2.44. The average molecular weight is 934 g/mol. The first kappa shape index (κ1) is 61.6. The van der Waals surface area contributed by atoms with E-state index in [9.17, 15) is 30.3 Å². The lowest BCUT2D eigenvalue weighted by atomic mass is 9.99. The number of allylic oxidation sites excluding steroid dienone is 19. The molecule has 67 heavy (non-hydrogen) atoms. The molecular formula is C58H95NO8. The van der Waals surface area contributed by atoms with E-state index < -0.39 is 49.5 Å². The van der Waals surface area contributed by atoms with E-state index in [1.54, 1.807) is 6.08 Å². The maximum atomic E-state index is 13.0. The number of amides is 1. The summed E-state index contributed by atoms with van der Waals surface area (Å²) in [6.07, 6.45) is 62.5. The van der Waals surface area contributed by atoms with E-state index in [2.05, 4.69) is 129 Å². The van der Waals surface area contributed by atoms with Crippen molar-refractivity contribution in [2.45, 2.75) is 224 Å². The standard InChI is InChI=1S/C58H95NO8/c1-3-5-7-9-11-13-15-17-18-19-20-21-22-23-24-25-26-27-28-29-30-31-32-33-34-36-38-40-42-44-46-48-54(62)59-51(50-66-58-57(65)56(64)55(63)53(49-60)67-58)52(61)47-45-43-41-39-37-35-16-14-12-10-8-6-4-2/h5,7,11,13,17-18,20-21,23-24,26-27,29-30,32-33,36,38,45,47,51-53,55-58,60-61,63-65H,3-4,6,8-10,12,14-16,19,22,25,28,31,34-35,37,39-44,46,48-50H2,1-2H3,(H,59,62)/b7-5-,13-11-,18-17-,21-20-,24-23-,27-26-,30-29-,33-32-,38-36-,47-45+. The molecule has 1 aliphatic heterocycles. The first-order chi connectivity index (χ1) is 32.8. The van der Waals surface area contributed by atoms with E-state index in [0.717, 1.165) is 96.3 Å². The van der Waals surface area contributed by atoms with Gasteiger partial charge in [-0.2, -0.15) is 0 Å². The first-order valence-electron chi connectivity index (χ1n) is 26.3. The van der Waals surface area contributed by atoms with Gasteiger partial charge in [0.05, 0.1) is 25.4 Å². The summed E-state index contributed by atoms with van der Waals surface area (Å²) in [7, 11) is 0. The molecule has 0 spiro atoms. The van der Waals surface area contributed by atoms with Gasteiger partial charge in [-0.15, -0.1) is 0 Å². The molecule has 6 N–H and O–H groups in total. The highest BCUT2D eigenvalue weighted by Crippen LogP contribution is 2.22. The van der Waals surface area contributed by atoms with Crippen molar-refractivity contribution in [3.05, 3.63) is 122 Å². The fourth-order valence-electron chi connectivity index (χ4n) is 7.38. The summed E-state index contributed by atoms with van der Waals surface area (Å²) in [4.78, 5) is 13.0. The molecule has 1 fully saturated rings. The Morgan fingerprint density at radius 1 is 0.522 bits per heavy atom. The lowest BCUT2D eigenvalue weighted by Crippen LogP contribution is -2.60. The molecule has 1 saturated heterocycles. The van der Waals surface area contributed by atoms with E-state index in [-0.39, 0.29) is 12.5 Å². The lowest BCUT2D eigenvalue weighted by Gasteiger charge is -2.40. The Bertz CT molecular complexity index is 1460. The van der Waals surface area contributed by atoms with Crippen molar-refractivity contribution >= 4 is 5.91 Å². The van der Waals surface area contributed by atoms with Gasteiger partial charge in [0.25, 0.3) is 0 Å². The number of rotatable bonds is 42. The number of carbonyl (C=O) groups excluding carboxylic acids is 1. The molecule has 380 valence electrons. The molecule has 1 aliphatic rings. The average Bonchev–Trinajstić information content (AvgIpc) is 3.33. The Labute approximate surface area is 408 Å². The van der Waals surface area contributed by atoms with E-state index >= 15 is 0 Å². The molecule has 1 amide bonds. The van der Waals surface area contributed by atoms with Crippen LogP contribution in [0.2, 0.25) is 0 Å². The highest BCUT2D eigenvalue weighted by atomic mass is 16.7. The third kappa shape index (κ3) is 36.3. The number of aliphatic hydroxyl groups is 5. The largest absolute Gasteiger partial charge is 0.394 e. The van der Waals surface area contributed by atoms with Gasteiger partial charge in [0, 0.05) is 6.42 Å². The van der Waals surface area contributed by atoms with Crippen molar-refractivity contribution in [2.24, 2.45) is 0 Å². The molecule has 0 aromatic heterocycles. The second-order valence-electron chi connectivity index (χ2n) is 17.6. The number of aliphatic hydroxyl groups excluding tert-OH is 5. The van der Waals surface area contributed by atoms with Crippen molar-refractivity contribution in [1.29, 1.82) is 0 Å². The predicted octanol–water partition coefficient (Wildman–Crippen LogP) is 12.4. The normalized spacial score (nSPS) is 20.7. The van der Waals surface area contributed by atoms with Gasteiger partial charge in [-0.05, 0) is 89.9 Å². The van der Waals surface area contributed by atoms with Crippen molar-refractivity contribution in [3.63, 3.8) is 0 Å². The topological polar surface area (TPSA) is 149 Å². The molecule has 1 rings (SSSR count). The third-order valence-corrected chi connectivity index (χ3v) is 11.5. The van der Waals surface area contributed by atoms with E-state index in [4.69, 9.17) is 9.47 Å². The summed E-state index contributed by atoms with van der Waals surface area (Å²) in [6.45, 7) is 3.61. The highest BCUT2D eigenvalue weighted by molar-refractivity contribution is 5.76. The van der Waals surface area contributed by atoms with E-state index in [1.807, 2.05) is 6.08 Å². The second-order valence-corrected chi connectivity index (χ2v) is 17.6. The summed E-state index contributed by atoms with van der Waals surface area (Å²) in [5.74, 6) is -0.215. The van der Waals surface area contributed by atoms with Gasteiger partial charge in [-0.25, -0.2) is 0 Å². The molecule has 0 saturated carbocycles. The first-order valence-corrected chi connectivity index (χ1v) is 26.3. The summed E-state index contributed by atoms with van der Waals surface area (Å²) in [6, 6.07) is -0.831. The molecule has 9 nitrogen and oxygen atoms in total. The van der Waals surface area contributed by atoms with Crippen molar-refractivity contribution in [3.8, 4) is 0 Å². The monoisotopic (exact) mass is 934 g/mol. The molecule has 0 aromatic carbocycles. The minimum Gasteiger partial charge on any atom is -0.394 e. The number of hydrogen-bond donors (Lipinski definition) is 6. The summed E-state index contributed by atoms with van der Waals surface area (Å²) in [5, 5.41) is 54.3. The number of hydrogen-bond acceptors (Lipinski definition) is 8. The Morgan fingerprint density at radius 2 is 0.925 bits per heavy atom. The van der Waals surface area contributed by atoms with Crippen LogP contribution in [0.15, 0.2) is 122 Å². The van der Waals surface area contributed by atoms with Crippen LogP contribution in [0, 0.1) is 0 Å². The van der Waals surface area contributed by atoms with Crippen LogP contribution >= 0.6 is 0 Å². The Balaban J connectivity index is 2.29. The fraction of sp³-hybridized carbons (Fsp3) is 0.638. The van der Waals surface area contributed by atoms with Crippen molar-refractivity contribution in [2.75, 3.05) is 13.2 Å². The molecule has 0 aliphatic carbocycles. The minimum atomic E-state index is -1.58. The van der Waals surface area contributed by atoms with Crippen LogP contribution in [0.1, 0.15) is 181 Å². The summed E-state index contributed by atoms with van der Waals surface area (Å²) in [5.41, 5.74) is 0. The van der Waals surface area contributed by atoms with Crippen molar-refractivity contribution in [1.82, 2.24) is 5.32 Å². The van der Waals surface area contributed by atoms with Gasteiger partial charge in [-0.1, -0.05) is 206 Å². The zero-order valence-corrected chi connectivity index (χ0v) is 41.8. The van der Waals surface area contributed by atoms with Gasteiger partial charge < -0.3 is 40.3 Å². The number of carbonyl (C=O) groups is 1.